The van der Waals surface area contributed by atoms with Crippen molar-refractivity contribution in [3.05, 3.63) is 0 Å². The normalized spacial score (nSPS) is 15.9. The summed E-state index contributed by atoms with van der Waals surface area (Å²) in [5.74, 6) is 0.595. The van der Waals surface area contributed by atoms with Gasteiger partial charge in [0.05, 0.1) is 0 Å². The van der Waals surface area contributed by atoms with E-state index < -0.39 is 0 Å². The second kappa shape index (κ2) is 6.39. The molecule has 1 aliphatic rings. The number of hydrogen-bond acceptors (Lipinski definition) is 2. The van der Waals surface area contributed by atoms with Gasteiger partial charge in [0.2, 0.25) is 5.91 Å². The van der Waals surface area contributed by atoms with Crippen molar-refractivity contribution in [1.82, 2.24) is 5.32 Å². The summed E-state index contributed by atoms with van der Waals surface area (Å²) in [7, 11) is 0. The maximum absolute atomic E-state index is 11.1. The van der Waals surface area contributed by atoms with Crippen molar-refractivity contribution in [3.8, 4) is 0 Å². The zero-order chi connectivity index (χ0) is 13.7. The van der Waals surface area contributed by atoms with E-state index in [0.717, 1.165) is 25.9 Å². The third-order valence-corrected chi connectivity index (χ3v) is 2.35. The molecular formula is C14H30N2O. The van der Waals surface area contributed by atoms with E-state index in [1.54, 1.807) is 0 Å². The number of nitrogens with one attached hydrogen (secondary N) is 1. The average molecular weight is 242 g/mol. The number of nitrogens with two attached hydrogens (primary N) is 1. The van der Waals surface area contributed by atoms with E-state index in [9.17, 15) is 4.79 Å². The van der Waals surface area contributed by atoms with Gasteiger partial charge in [-0.05, 0) is 30.2 Å². The smallest absolute Gasteiger partial charge is 0.223 e. The minimum atomic E-state index is 0.213. The maximum atomic E-state index is 11.1. The molecule has 3 nitrogen and oxygen atoms in total. The lowest BCUT2D eigenvalue weighted by Gasteiger charge is -2.18. The van der Waals surface area contributed by atoms with Crippen LogP contribution in [0.1, 0.15) is 54.4 Å². The van der Waals surface area contributed by atoms with Crippen molar-refractivity contribution < 1.29 is 4.79 Å². The SMILES string of the molecule is CC(C)(C)CN.CC(C)(C)CNC(=O)C1CC1. The molecule has 1 amide bonds. The van der Waals surface area contributed by atoms with E-state index in [-0.39, 0.29) is 11.3 Å². The predicted molar refractivity (Wildman–Crippen MR) is 73.7 cm³/mol. The molecule has 1 saturated carbocycles. The Morgan fingerprint density at radius 1 is 1.12 bits per heavy atom. The van der Waals surface area contributed by atoms with E-state index in [4.69, 9.17) is 5.73 Å². The number of rotatable bonds is 2. The molecule has 3 heteroatoms. The highest BCUT2D eigenvalue weighted by atomic mass is 16.2. The molecule has 0 heterocycles. The van der Waals surface area contributed by atoms with Crippen molar-refractivity contribution in [2.24, 2.45) is 22.5 Å². The Labute approximate surface area is 107 Å². The monoisotopic (exact) mass is 242 g/mol. The quantitative estimate of drug-likeness (QED) is 0.782. The molecule has 0 atom stereocenters. The number of carbonyl (C=O) groups excluding carboxylic acids is 1. The Kier molecular flexibility index (Phi) is 6.17. The van der Waals surface area contributed by atoms with E-state index in [1.165, 1.54) is 0 Å². The summed E-state index contributed by atoms with van der Waals surface area (Å²) in [4.78, 5) is 11.1. The van der Waals surface area contributed by atoms with Crippen molar-refractivity contribution >= 4 is 5.91 Å². The van der Waals surface area contributed by atoms with E-state index in [0.29, 0.717) is 11.3 Å². The van der Waals surface area contributed by atoms with Crippen LogP contribution >= 0.6 is 0 Å². The summed E-state index contributed by atoms with van der Waals surface area (Å²) in [5.41, 5.74) is 5.84. The zero-order valence-electron chi connectivity index (χ0n) is 12.4. The standard InChI is InChI=1S/C9H17NO.C5H13N/c1-9(2,3)6-10-8(11)7-4-5-7;1-5(2,3)4-6/h7H,4-6H2,1-3H3,(H,10,11);4,6H2,1-3H3. The molecule has 0 radical (unpaired) electrons. The summed E-state index contributed by atoms with van der Waals surface area (Å²) < 4.78 is 0. The number of hydrogen-bond donors (Lipinski definition) is 2. The zero-order valence-corrected chi connectivity index (χ0v) is 12.4. The molecule has 0 unspecified atom stereocenters. The molecule has 0 aliphatic heterocycles. The second-order valence-electron chi connectivity index (χ2n) is 7.32. The first kappa shape index (κ1) is 16.4. The van der Waals surface area contributed by atoms with Gasteiger partial charge in [-0.15, -0.1) is 0 Å². The first-order valence-corrected chi connectivity index (χ1v) is 6.53. The van der Waals surface area contributed by atoms with E-state index in [1.807, 2.05) is 0 Å². The lowest BCUT2D eigenvalue weighted by molar-refractivity contribution is -0.122. The van der Waals surface area contributed by atoms with E-state index in [2.05, 4.69) is 46.9 Å². The Morgan fingerprint density at radius 2 is 1.53 bits per heavy atom. The lowest BCUT2D eigenvalue weighted by Crippen LogP contribution is -2.33. The Morgan fingerprint density at radius 3 is 1.76 bits per heavy atom. The van der Waals surface area contributed by atoms with Crippen LogP contribution in [0.3, 0.4) is 0 Å². The molecule has 0 bridgehead atoms. The minimum absolute atomic E-state index is 0.213. The summed E-state index contributed by atoms with van der Waals surface area (Å²) in [5, 5.41) is 2.95. The molecule has 0 saturated heterocycles. The first-order chi connectivity index (χ1) is 7.55. The molecule has 0 aromatic heterocycles. The predicted octanol–water partition coefficient (Wildman–Crippen LogP) is 2.55. The Hall–Kier alpha value is -0.570. The summed E-state index contributed by atoms with van der Waals surface area (Å²) in [6.45, 7) is 14.3. The molecule has 3 N–H and O–H groups in total. The van der Waals surface area contributed by atoms with Crippen LogP contribution < -0.4 is 11.1 Å². The van der Waals surface area contributed by atoms with Gasteiger partial charge >= 0.3 is 0 Å². The molecule has 1 rings (SSSR count). The molecule has 102 valence electrons. The fourth-order valence-electron chi connectivity index (χ4n) is 0.842. The first-order valence-electron chi connectivity index (χ1n) is 6.53. The van der Waals surface area contributed by atoms with Crippen molar-refractivity contribution in [2.75, 3.05) is 13.1 Å². The van der Waals surface area contributed by atoms with Gasteiger partial charge in [0, 0.05) is 12.5 Å². The van der Waals surface area contributed by atoms with E-state index >= 15 is 0 Å². The highest BCUT2D eigenvalue weighted by Gasteiger charge is 2.29. The third kappa shape index (κ3) is 11.7. The van der Waals surface area contributed by atoms with Crippen LogP contribution in [0, 0.1) is 16.7 Å². The van der Waals surface area contributed by atoms with Crippen LogP contribution in [-0.2, 0) is 4.79 Å². The van der Waals surface area contributed by atoms with Gasteiger partial charge in [0.25, 0.3) is 0 Å². The summed E-state index contributed by atoms with van der Waals surface area (Å²) in [6, 6.07) is 0. The van der Waals surface area contributed by atoms with Gasteiger partial charge in [-0.2, -0.15) is 0 Å². The molecule has 1 aliphatic carbocycles. The lowest BCUT2D eigenvalue weighted by atomic mass is 9.97. The van der Waals surface area contributed by atoms with Crippen molar-refractivity contribution in [2.45, 2.75) is 54.4 Å². The molecule has 0 spiro atoms. The topological polar surface area (TPSA) is 55.1 Å². The van der Waals surface area contributed by atoms with Crippen molar-refractivity contribution in [3.63, 3.8) is 0 Å². The fraction of sp³-hybridized carbons (Fsp3) is 0.929. The fourth-order valence-corrected chi connectivity index (χ4v) is 0.842. The molecule has 0 aromatic carbocycles. The molecular weight excluding hydrogens is 212 g/mol. The van der Waals surface area contributed by atoms with Crippen LogP contribution in [0.15, 0.2) is 0 Å². The van der Waals surface area contributed by atoms with Gasteiger partial charge < -0.3 is 11.1 Å². The average Bonchev–Trinajstić information content (AvgIpc) is 2.96. The largest absolute Gasteiger partial charge is 0.355 e. The van der Waals surface area contributed by atoms with Crippen LogP contribution in [-0.4, -0.2) is 19.0 Å². The molecule has 0 aromatic rings. The van der Waals surface area contributed by atoms with Gasteiger partial charge in [0.15, 0.2) is 0 Å². The van der Waals surface area contributed by atoms with Crippen molar-refractivity contribution in [1.29, 1.82) is 0 Å². The Bertz CT molecular complexity index is 232. The van der Waals surface area contributed by atoms with Gasteiger partial charge in [0.1, 0.15) is 0 Å². The molecule has 1 fully saturated rings. The summed E-state index contributed by atoms with van der Waals surface area (Å²) >= 11 is 0. The highest BCUT2D eigenvalue weighted by molar-refractivity contribution is 5.80. The third-order valence-electron chi connectivity index (χ3n) is 2.35. The Balaban J connectivity index is 0.000000366. The van der Waals surface area contributed by atoms with Gasteiger partial charge in [-0.1, -0.05) is 41.5 Å². The second-order valence-corrected chi connectivity index (χ2v) is 7.32. The van der Waals surface area contributed by atoms with Gasteiger partial charge in [-0.25, -0.2) is 0 Å². The maximum Gasteiger partial charge on any atom is 0.223 e. The van der Waals surface area contributed by atoms with Gasteiger partial charge in [-0.3, -0.25) is 4.79 Å². The number of amides is 1. The molecule has 17 heavy (non-hydrogen) atoms. The number of carbonyl (C=O) groups is 1. The van der Waals surface area contributed by atoms with Crippen LogP contribution in [0.4, 0.5) is 0 Å². The highest BCUT2D eigenvalue weighted by Crippen LogP contribution is 2.28. The summed E-state index contributed by atoms with van der Waals surface area (Å²) in [6.07, 6.45) is 2.19. The van der Waals surface area contributed by atoms with Crippen LogP contribution in [0.5, 0.6) is 0 Å². The van der Waals surface area contributed by atoms with Crippen LogP contribution in [0.2, 0.25) is 0 Å². The van der Waals surface area contributed by atoms with Crippen LogP contribution in [0.25, 0.3) is 0 Å². The minimum Gasteiger partial charge on any atom is -0.355 e.